The predicted octanol–water partition coefficient (Wildman–Crippen LogP) is 6.43. The van der Waals surface area contributed by atoms with E-state index in [0.717, 1.165) is 17.0 Å². The molecule has 0 saturated carbocycles. The van der Waals surface area contributed by atoms with Gasteiger partial charge in [-0.3, -0.25) is 4.79 Å². The lowest BCUT2D eigenvalue weighted by molar-refractivity contribution is -0.119. The van der Waals surface area contributed by atoms with E-state index in [1.165, 1.54) is 0 Å². The van der Waals surface area contributed by atoms with Gasteiger partial charge < -0.3 is 20.9 Å². The highest BCUT2D eigenvalue weighted by molar-refractivity contribution is 6.30. The van der Waals surface area contributed by atoms with E-state index in [1.54, 1.807) is 30.6 Å². The van der Waals surface area contributed by atoms with Gasteiger partial charge in [-0.2, -0.15) is 4.98 Å². The summed E-state index contributed by atoms with van der Waals surface area (Å²) in [7, 11) is 0. The molecule has 39 heavy (non-hydrogen) atoms. The minimum Gasteiger partial charge on any atom is -0.361 e. The van der Waals surface area contributed by atoms with Crippen LogP contribution in [0.3, 0.4) is 0 Å². The van der Waals surface area contributed by atoms with Crippen LogP contribution in [0.1, 0.15) is 31.9 Å². The third-order valence-electron chi connectivity index (χ3n) is 4.64. The maximum atomic E-state index is 12.3. The number of nitrogens with zero attached hydrogens (tertiary/aromatic N) is 3. The number of terminal acetylenes is 1. The fraction of sp³-hybridized carbons (Fsp3) is 0.241. The largest absolute Gasteiger partial charge is 0.361 e. The molecule has 8 nitrogen and oxygen atoms in total. The fourth-order valence-corrected chi connectivity index (χ4v) is 3.35. The number of aromatic nitrogens is 4. The molecule has 0 saturated heterocycles. The molecule has 2 aromatic heterocycles. The van der Waals surface area contributed by atoms with Gasteiger partial charge >= 0.3 is 0 Å². The smallest absolute Gasteiger partial charge is 0.239 e. The molecule has 0 bridgehead atoms. The summed E-state index contributed by atoms with van der Waals surface area (Å²) in [5.41, 5.74) is 2.54. The Morgan fingerprint density at radius 1 is 0.923 bits per heavy atom. The summed E-state index contributed by atoms with van der Waals surface area (Å²) < 4.78 is 0. The molecular weight excluding hydrogens is 533 g/mol. The molecule has 4 rings (SSSR count). The van der Waals surface area contributed by atoms with E-state index >= 15 is 0 Å². The summed E-state index contributed by atoms with van der Waals surface area (Å²) >= 11 is 12.0. The number of H-pyrrole nitrogens is 1. The lowest BCUT2D eigenvalue weighted by Gasteiger charge is -2.11. The minimum atomic E-state index is -0.170. The third-order valence-corrected chi connectivity index (χ3v) is 5.13. The second-order valence-electron chi connectivity index (χ2n) is 8.87. The maximum Gasteiger partial charge on any atom is 0.239 e. The molecule has 0 aliphatic heterocycles. The van der Waals surface area contributed by atoms with E-state index in [1.807, 2.05) is 36.4 Å². The molecule has 0 aliphatic rings. The number of hydrogen-bond acceptors (Lipinski definition) is 6. The lowest BCUT2D eigenvalue weighted by Crippen LogP contribution is -2.29. The monoisotopic (exact) mass is 565 g/mol. The van der Waals surface area contributed by atoms with Crippen molar-refractivity contribution in [2.45, 2.75) is 33.9 Å². The first-order chi connectivity index (χ1) is 18.8. The van der Waals surface area contributed by atoms with Gasteiger partial charge in [-0.25, -0.2) is 9.97 Å². The number of anilines is 2. The number of hydrogen-bond donors (Lipinski definition) is 4. The summed E-state index contributed by atoms with van der Waals surface area (Å²) in [5.74, 6) is 2.15. The van der Waals surface area contributed by atoms with Crippen LogP contribution in [0.15, 0.2) is 67.0 Å². The van der Waals surface area contributed by atoms with E-state index in [-0.39, 0.29) is 12.5 Å². The minimum absolute atomic E-state index is 0.0515. The van der Waals surface area contributed by atoms with Gasteiger partial charge in [0, 0.05) is 41.6 Å². The van der Waals surface area contributed by atoms with Crippen molar-refractivity contribution in [1.82, 2.24) is 25.3 Å². The number of benzene rings is 2. The Hall–Kier alpha value is -4.06. The van der Waals surface area contributed by atoms with Crippen LogP contribution >= 0.6 is 23.2 Å². The SMILES string of the molecule is C#C.CC(C)C.O=C(CNc1cc(-c2ncc[nH]2)nc(NCc2cccc(Cl)c2)n1)NCc1ccc(Cl)cc1. The standard InChI is InChI=1S/C23H21Cl2N7O.C4H10.C2H2/c24-17-6-4-15(5-7-17)12-29-21(33)14-28-20-11-19(22-26-8-9-27-22)31-23(32-20)30-13-16-2-1-3-18(25)10-16;1-4(2)3;1-2/h1-11H,12-14H2,(H,26,27)(H,29,33)(H2,28,30,31,32);4H,1-3H3;1-2H. The van der Waals surface area contributed by atoms with E-state index in [9.17, 15) is 4.79 Å². The third kappa shape index (κ3) is 11.9. The quantitative estimate of drug-likeness (QED) is 0.174. The van der Waals surface area contributed by atoms with Gasteiger partial charge in [0.2, 0.25) is 11.9 Å². The van der Waals surface area contributed by atoms with Gasteiger partial charge in [0.25, 0.3) is 0 Å². The molecule has 10 heteroatoms. The van der Waals surface area contributed by atoms with E-state index < -0.39 is 0 Å². The molecule has 0 fully saturated rings. The van der Waals surface area contributed by atoms with Crippen LogP contribution in [0.4, 0.5) is 11.8 Å². The van der Waals surface area contributed by atoms with E-state index in [4.69, 9.17) is 23.2 Å². The van der Waals surface area contributed by atoms with Crippen LogP contribution in [-0.4, -0.2) is 32.4 Å². The summed E-state index contributed by atoms with van der Waals surface area (Å²) in [6.45, 7) is 7.45. The first-order valence-electron chi connectivity index (χ1n) is 12.2. The number of halogens is 2. The first-order valence-corrected chi connectivity index (χ1v) is 13.0. The van der Waals surface area contributed by atoms with E-state index in [0.29, 0.717) is 46.4 Å². The molecule has 2 aromatic carbocycles. The molecule has 204 valence electrons. The van der Waals surface area contributed by atoms with Gasteiger partial charge in [0.15, 0.2) is 5.82 Å². The zero-order valence-electron chi connectivity index (χ0n) is 22.2. The van der Waals surface area contributed by atoms with Crippen LogP contribution in [0.5, 0.6) is 0 Å². The van der Waals surface area contributed by atoms with Crippen molar-refractivity contribution in [1.29, 1.82) is 0 Å². The highest BCUT2D eigenvalue weighted by atomic mass is 35.5. The second kappa shape index (κ2) is 16.7. The molecule has 4 aromatic rings. The molecule has 4 N–H and O–H groups in total. The molecule has 2 heterocycles. The Kier molecular flexibility index (Phi) is 13.4. The molecule has 0 unspecified atom stereocenters. The summed E-state index contributed by atoms with van der Waals surface area (Å²) in [4.78, 5) is 28.6. The summed E-state index contributed by atoms with van der Waals surface area (Å²) in [5, 5.41) is 10.4. The number of nitrogens with one attached hydrogen (secondary N) is 4. The Bertz CT molecular complexity index is 1300. The predicted molar refractivity (Wildman–Crippen MR) is 161 cm³/mol. The zero-order valence-corrected chi connectivity index (χ0v) is 23.7. The molecule has 0 atom stereocenters. The number of amides is 1. The maximum absolute atomic E-state index is 12.3. The highest BCUT2D eigenvalue weighted by Crippen LogP contribution is 2.19. The van der Waals surface area contributed by atoms with Crippen molar-refractivity contribution in [3.63, 3.8) is 0 Å². The lowest BCUT2D eigenvalue weighted by atomic mass is 10.2. The number of carbonyl (C=O) groups excluding carboxylic acids is 1. The van der Waals surface area contributed by atoms with Crippen LogP contribution in [0.2, 0.25) is 10.0 Å². The molecule has 0 spiro atoms. The fourth-order valence-electron chi connectivity index (χ4n) is 3.01. The molecule has 0 radical (unpaired) electrons. The normalized spacial score (nSPS) is 9.95. The Balaban J connectivity index is 0.000000815. The van der Waals surface area contributed by atoms with Gasteiger partial charge in [-0.1, -0.05) is 68.2 Å². The average Bonchev–Trinajstić information content (AvgIpc) is 3.47. The van der Waals surface area contributed by atoms with Crippen LogP contribution < -0.4 is 16.0 Å². The number of aromatic amines is 1. The molecule has 0 aliphatic carbocycles. The van der Waals surface area contributed by atoms with Crippen LogP contribution in [-0.2, 0) is 17.9 Å². The van der Waals surface area contributed by atoms with Crippen molar-refractivity contribution in [2.75, 3.05) is 17.2 Å². The zero-order chi connectivity index (χ0) is 28.6. The highest BCUT2D eigenvalue weighted by Gasteiger charge is 2.10. The van der Waals surface area contributed by atoms with Gasteiger partial charge in [0.05, 0.1) is 6.54 Å². The van der Waals surface area contributed by atoms with Crippen LogP contribution in [0, 0.1) is 18.8 Å². The number of carbonyl (C=O) groups is 1. The number of imidazole rings is 1. The van der Waals surface area contributed by atoms with Gasteiger partial charge in [-0.05, 0) is 41.3 Å². The van der Waals surface area contributed by atoms with Crippen molar-refractivity contribution >= 4 is 40.9 Å². The topological polar surface area (TPSA) is 108 Å². The van der Waals surface area contributed by atoms with Crippen molar-refractivity contribution in [3.8, 4) is 24.4 Å². The van der Waals surface area contributed by atoms with E-state index in [2.05, 4.69) is 69.5 Å². The Morgan fingerprint density at radius 3 is 2.28 bits per heavy atom. The summed E-state index contributed by atoms with van der Waals surface area (Å²) in [6.07, 6.45) is 11.4. The Labute approximate surface area is 240 Å². The van der Waals surface area contributed by atoms with Crippen LogP contribution in [0.25, 0.3) is 11.5 Å². The molecular formula is C29H33Cl2N7O. The Morgan fingerprint density at radius 2 is 1.64 bits per heavy atom. The second-order valence-corrected chi connectivity index (χ2v) is 9.74. The van der Waals surface area contributed by atoms with Crippen molar-refractivity contribution < 1.29 is 4.79 Å². The van der Waals surface area contributed by atoms with Crippen molar-refractivity contribution in [2.24, 2.45) is 5.92 Å². The summed E-state index contributed by atoms with van der Waals surface area (Å²) in [6, 6.07) is 16.6. The van der Waals surface area contributed by atoms with Gasteiger partial charge in [0.1, 0.15) is 11.5 Å². The average molecular weight is 567 g/mol. The molecule has 1 amide bonds. The number of rotatable bonds is 9. The van der Waals surface area contributed by atoms with Crippen molar-refractivity contribution in [3.05, 3.63) is 88.2 Å². The van der Waals surface area contributed by atoms with Gasteiger partial charge in [-0.15, -0.1) is 12.8 Å². The first kappa shape index (κ1) is 31.2.